The van der Waals surface area contributed by atoms with Crippen LogP contribution < -0.4 is 9.46 Å². The minimum atomic E-state index is -3.92. The monoisotopic (exact) mass is 451 g/mol. The molecule has 3 aromatic rings. The van der Waals surface area contributed by atoms with E-state index in [2.05, 4.69) is 35.7 Å². The van der Waals surface area contributed by atoms with Gasteiger partial charge in [-0.15, -0.1) is 0 Å². The van der Waals surface area contributed by atoms with Crippen molar-refractivity contribution in [2.45, 2.75) is 25.7 Å². The second-order valence-electron chi connectivity index (χ2n) is 5.73. The van der Waals surface area contributed by atoms with E-state index in [1.54, 1.807) is 23.7 Å². The Labute approximate surface area is 165 Å². The minimum absolute atomic E-state index is 0.0185. The molecule has 0 bridgehead atoms. The number of nitrogens with one attached hydrogen (secondary N) is 1. The second kappa shape index (κ2) is 7.65. The van der Waals surface area contributed by atoms with Crippen LogP contribution in [0.5, 0.6) is 5.75 Å². The Bertz CT molecular complexity index is 1080. The van der Waals surface area contributed by atoms with Gasteiger partial charge in [0.15, 0.2) is 5.82 Å². The van der Waals surface area contributed by atoms with Crippen LogP contribution in [0.1, 0.15) is 18.3 Å². The van der Waals surface area contributed by atoms with Crippen molar-refractivity contribution in [2.75, 3.05) is 11.3 Å². The fraction of sp³-hybridized carbons (Fsp3) is 0.235. The number of anilines is 1. The molecule has 2 heterocycles. The van der Waals surface area contributed by atoms with E-state index in [4.69, 9.17) is 4.74 Å². The number of aryl methyl sites for hydroxylation is 2. The van der Waals surface area contributed by atoms with E-state index in [0.717, 1.165) is 11.4 Å². The molecule has 1 N–H and O–H groups in total. The maximum atomic E-state index is 12.9. The molecule has 1 aromatic carbocycles. The second-order valence-corrected chi connectivity index (χ2v) is 8.30. The fourth-order valence-electron chi connectivity index (χ4n) is 2.54. The van der Waals surface area contributed by atoms with E-state index in [1.165, 1.54) is 18.5 Å². The van der Waals surface area contributed by atoms with Gasteiger partial charge in [0.2, 0.25) is 0 Å². The number of rotatable bonds is 6. The number of nitrogens with zero attached hydrogens (tertiary/aromatic N) is 4. The van der Waals surface area contributed by atoms with Crippen LogP contribution in [0.3, 0.4) is 0 Å². The van der Waals surface area contributed by atoms with Gasteiger partial charge in [0.05, 0.1) is 12.3 Å². The van der Waals surface area contributed by atoms with Gasteiger partial charge in [-0.2, -0.15) is 5.10 Å². The Morgan fingerprint density at radius 2 is 1.96 bits per heavy atom. The lowest BCUT2D eigenvalue weighted by molar-refractivity contribution is 0.331. The number of aromatic nitrogens is 4. The van der Waals surface area contributed by atoms with E-state index < -0.39 is 10.0 Å². The molecule has 0 unspecified atom stereocenters. The maximum absolute atomic E-state index is 12.9. The van der Waals surface area contributed by atoms with Crippen molar-refractivity contribution >= 4 is 31.8 Å². The normalized spacial score (nSPS) is 11.4. The summed E-state index contributed by atoms with van der Waals surface area (Å²) in [6, 6.07) is 8.23. The number of sulfonamides is 1. The van der Waals surface area contributed by atoms with E-state index >= 15 is 0 Å². The van der Waals surface area contributed by atoms with Crippen molar-refractivity contribution in [3.05, 3.63) is 52.5 Å². The van der Waals surface area contributed by atoms with Crippen LogP contribution in [-0.4, -0.2) is 34.8 Å². The van der Waals surface area contributed by atoms with Gasteiger partial charge in [-0.25, -0.2) is 23.1 Å². The molecule has 0 amide bonds. The van der Waals surface area contributed by atoms with E-state index in [0.29, 0.717) is 16.9 Å². The van der Waals surface area contributed by atoms with Gasteiger partial charge >= 0.3 is 0 Å². The molecule has 0 fully saturated rings. The number of ether oxygens (including phenoxy) is 1. The van der Waals surface area contributed by atoms with Crippen molar-refractivity contribution < 1.29 is 13.2 Å². The van der Waals surface area contributed by atoms with Gasteiger partial charge in [-0.3, -0.25) is 4.72 Å². The first-order chi connectivity index (χ1) is 12.8. The molecule has 0 aliphatic rings. The van der Waals surface area contributed by atoms with Crippen molar-refractivity contribution in [3.63, 3.8) is 0 Å². The Morgan fingerprint density at radius 1 is 1.19 bits per heavy atom. The first-order valence-corrected chi connectivity index (χ1v) is 10.4. The zero-order chi connectivity index (χ0) is 19.6. The van der Waals surface area contributed by atoms with Crippen molar-refractivity contribution in [3.8, 4) is 11.6 Å². The van der Waals surface area contributed by atoms with Crippen LogP contribution in [-0.2, 0) is 10.0 Å². The van der Waals surface area contributed by atoms with Crippen molar-refractivity contribution in [1.82, 2.24) is 19.7 Å². The standard InChI is InChI=1S/C17H18BrN5O3S/c1-4-26-14-6-5-13(18)8-15(14)27(24,25)22-16-9-17(20-10-19-16)23-12(3)7-11(2)21-23/h5-10H,4H2,1-3H3,(H,19,20,22). The van der Waals surface area contributed by atoms with Gasteiger partial charge in [0.25, 0.3) is 10.0 Å². The van der Waals surface area contributed by atoms with Crippen LogP contribution in [0.25, 0.3) is 5.82 Å². The van der Waals surface area contributed by atoms with Gasteiger partial charge in [0.1, 0.15) is 22.8 Å². The summed E-state index contributed by atoms with van der Waals surface area (Å²) in [5, 5.41) is 4.35. The zero-order valence-electron chi connectivity index (χ0n) is 15.0. The minimum Gasteiger partial charge on any atom is -0.492 e. The molecule has 142 valence electrons. The average Bonchev–Trinajstić information content (AvgIpc) is 2.95. The highest BCUT2D eigenvalue weighted by molar-refractivity contribution is 9.10. The van der Waals surface area contributed by atoms with E-state index in [-0.39, 0.29) is 16.5 Å². The SMILES string of the molecule is CCOc1ccc(Br)cc1S(=O)(=O)Nc1cc(-n2nc(C)cc2C)ncn1. The van der Waals surface area contributed by atoms with Gasteiger partial charge in [-0.05, 0) is 45.0 Å². The highest BCUT2D eigenvalue weighted by Gasteiger charge is 2.21. The summed E-state index contributed by atoms with van der Waals surface area (Å²) >= 11 is 3.29. The molecule has 0 atom stereocenters. The predicted molar refractivity (Wildman–Crippen MR) is 105 cm³/mol. The van der Waals surface area contributed by atoms with E-state index in [1.807, 2.05) is 19.9 Å². The smallest absolute Gasteiger partial charge is 0.266 e. The zero-order valence-corrected chi connectivity index (χ0v) is 17.4. The summed E-state index contributed by atoms with van der Waals surface area (Å²) < 4.78 is 35.9. The van der Waals surface area contributed by atoms with Crippen LogP contribution in [0.4, 0.5) is 5.82 Å². The van der Waals surface area contributed by atoms with Crippen LogP contribution in [0.2, 0.25) is 0 Å². The summed E-state index contributed by atoms with van der Waals surface area (Å²) in [7, 11) is -3.92. The molecule has 3 rings (SSSR count). The predicted octanol–water partition coefficient (Wildman–Crippen LogP) is 3.24. The molecule has 0 saturated heterocycles. The fourth-order valence-corrected chi connectivity index (χ4v) is 4.22. The molecular formula is C17H18BrN5O3S. The molecule has 2 aromatic heterocycles. The number of hydrogen-bond donors (Lipinski definition) is 1. The Kier molecular flexibility index (Phi) is 5.47. The van der Waals surface area contributed by atoms with Crippen LogP contribution >= 0.6 is 15.9 Å². The highest BCUT2D eigenvalue weighted by Crippen LogP contribution is 2.29. The lowest BCUT2D eigenvalue weighted by Crippen LogP contribution is -2.16. The molecule has 0 aliphatic heterocycles. The Morgan fingerprint density at radius 3 is 2.63 bits per heavy atom. The first-order valence-electron chi connectivity index (χ1n) is 8.11. The molecule has 0 spiro atoms. The van der Waals surface area contributed by atoms with E-state index in [9.17, 15) is 8.42 Å². The van der Waals surface area contributed by atoms with Crippen LogP contribution in [0.15, 0.2) is 46.0 Å². The first kappa shape index (κ1) is 19.3. The molecule has 0 aliphatic carbocycles. The number of halogens is 1. The third-order valence-corrected chi connectivity index (χ3v) is 5.48. The molecule has 0 saturated carbocycles. The topological polar surface area (TPSA) is 99.0 Å². The maximum Gasteiger partial charge on any atom is 0.266 e. The van der Waals surface area contributed by atoms with Crippen molar-refractivity contribution in [1.29, 1.82) is 0 Å². The largest absolute Gasteiger partial charge is 0.492 e. The molecule has 10 heteroatoms. The summed E-state index contributed by atoms with van der Waals surface area (Å²) in [6.07, 6.45) is 1.29. The third kappa shape index (κ3) is 4.28. The summed E-state index contributed by atoms with van der Waals surface area (Å²) in [5.74, 6) is 0.864. The Balaban J connectivity index is 1.97. The number of hydrogen-bond acceptors (Lipinski definition) is 6. The van der Waals surface area contributed by atoms with Gasteiger partial charge in [-0.1, -0.05) is 15.9 Å². The van der Waals surface area contributed by atoms with Gasteiger partial charge in [0, 0.05) is 16.2 Å². The molecular weight excluding hydrogens is 434 g/mol. The van der Waals surface area contributed by atoms with Crippen molar-refractivity contribution in [2.24, 2.45) is 0 Å². The van der Waals surface area contributed by atoms with Gasteiger partial charge < -0.3 is 4.74 Å². The third-order valence-electron chi connectivity index (χ3n) is 3.61. The average molecular weight is 452 g/mol. The summed E-state index contributed by atoms with van der Waals surface area (Å²) in [4.78, 5) is 8.20. The number of benzene rings is 1. The lowest BCUT2D eigenvalue weighted by atomic mass is 10.3. The van der Waals surface area contributed by atoms with Crippen LogP contribution in [0, 0.1) is 13.8 Å². The Hall–Kier alpha value is -2.46. The molecule has 0 radical (unpaired) electrons. The summed E-state index contributed by atoms with van der Waals surface area (Å²) in [5.41, 5.74) is 1.72. The summed E-state index contributed by atoms with van der Waals surface area (Å²) in [6.45, 7) is 5.90. The molecule has 8 nitrogen and oxygen atoms in total. The quantitative estimate of drug-likeness (QED) is 0.617. The molecule has 27 heavy (non-hydrogen) atoms. The lowest BCUT2D eigenvalue weighted by Gasteiger charge is -2.13. The highest BCUT2D eigenvalue weighted by atomic mass is 79.9.